The van der Waals surface area contributed by atoms with Gasteiger partial charge in [-0.2, -0.15) is 0 Å². The van der Waals surface area contributed by atoms with E-state index in [4.69, 9.17) is 5.73 Å². The molecular formula is C15H14BrN3. The van der Waals surface area contributed by atoms with Gasteiger partial charge < -0.3 is 10.7 Å². The van der Waals surface area contributed by atoms with Crippen LogP contribution in [0.25, 0.3) is 22.4 Å². The Hall–Kier alpha value is -1.81. The third-order valence-corrected chi connectivity index (χ3v) is 3.92. The Morgan fingerprint density at radius 3 is 2.79 bits per heavy atom. The SMILES string of the molecule is CCc1ccc2nc(-c3ccc(N)c(Br)c3)[nH]c2c1. The number of H-pyrrole nitrogens is 1. The summed E-state index contributed by atoms with van der Waals surface area (Å²) in [4.78, 5) is 7.97. The molecule has 19 heavy (non-hydrogen) atoms. The van der Waals surface area contributed by atoms with E-state index in [0.717, 1.165) is 39.0 Å². The number of imidazole rings is 1. The molecule has 0 bridgehead atoms. The van der Waals surface area contributed by atoms with Crippen molar-refractivity contribution in [1.82, 2.24) is 9.97 Å². The number of fused-ring (bicyclic) bond motifs is 1. The molecule has 0 spiro atoms. The second-order valence-corrected chi connectivity index (χ2v) is 5.38. The van der Waals surface area contributed by atoms with Crippen molar-refractivity contribution < 1.29 is 0 Å². The van der Waals surface area contributed by atoms with E-state index in [1.807, 2.05) is 18.2 Å². The Labute approximate surface area is 120 Å². The van der Waals surface area contributed by atoms with E-state index in [9.17, 15) is 0 Å². The molecule has 0 aliphatic carbocycles. The number of aryl methyl sites for hydroxylation is 1. The van der Waals surface area contributed by atoms with Crippen LogP contribution >= 0.6 is 15.9 Å². The van der Waals surface area contributed by atoms with E-state index in [0.29, 0.717) is 0 Å². The molecule has 3 rings (SSSR count). The first-order chi connectivity index (χ1) is 9.17. The maximum absolute atomic E-state index is 5.80. The maximum Gasteiger partial charge on any atom is 0.138 e. The van der Waals surface area contributed by atoms with Gasteiger partial charge in [0.25, 0.3) is 0 Å². The number of nitrogens with one attached hydrogen (secondary N) is 1. The third kappa shape index (κ3) is 2.24. The number of rotatable bonds is 2. The zero-order chi connectivity index (χ0) is 13.4. The van der Waals surface area contributed by atoms with E-state index in [-0.39, 0.29) is 0 Å². The lowest BCUT2D eigenvalue weighted by atomic mass is 10.1. The van der Waals surface area contributed by atoms with Gasteiger partial charge >= 0.3 is 0 Å². The van der Waals surface area contributed by atoms with Crippen LogP contribution in [0, 0.1) is 0 Å². The number of halogens is 1. The number of benzene rings is 2. The van der Waals surface area contributed by atoms with Crippen LogP contribution < -0.4 is 5.73 Å². The summed E-state index contributed by atoms with van der Waals surface area (Å²) in [5.74, 6) is 0.865. The highest BCUT2D eigenvalue weighted by molar-refractivity contribution is 9.10. The molecule has 0 fully saturated rings. The summed E-state index contributed by atoms with van der Waals surface area (Å²) in [7, 11) is 0. The molecule has 0 aliphatic rings. The molecule has 4 heteroatoms. The molecule has 0 saturated carbocycles. The maximum atomic E-state index is 5.80. The van der Waals surface area contributed by atoms with Crippen molar-refractivity contribution >= 4 is 32.7 Å². The monoisotopic (exact) mass is 315 g/mol. The van der Waals surface area contributed by atoms with Crippen LogP contribution in [0.2, 0.25) is 0 Å². The van der Waals surface area contributed by atoms with Crippen LogP contribution in [-0.4, -0.2) is 9.97 Å². The first-order valence-corrected chi connectivity index (χ1v) is 7.00. The minimum Gasteiger partial charge on any atom is -0.398 e. The standard InChI is InChI=1S/C15H14BrN3/c1-2-9-3-6-13-14(7-9)19-15(18-13)10-4-5-12(17)11(16)8-10/h3-8H,2,17H2,1H3,(H,18,19). The van der Waals surface area contributed by atoms with E-state index in [1.54, 1.807) is 0 Å². The van der Waals surface area contributed by atoms with Crippen molar-refractivity contribution in [2.45, 2.75) is 13.3 Å². The van der Waals surface area contributed by atoms with Crippen LogP contribution in [0.3, 0.4) is 0 Å². The number of nitrogens with two attached hydrogens (primary N) is 1. The van der Waals surface area contributed by atoms with Gasteiger partial charge in [0.05, 0.1) is 11.0 Å². The van der Waals surface area contributed by atoms with Gasteiger partial charge in [0.1, 0.15) is 5.82 Å². The van der Waals surface area contributed by atoms with Gasteiger partial charge in [-0.15, -0.1) is 0 Å². The zero-order valence-corrected chi connectivity index (χ0v) is 12.2. The summed E-state index contributed by atoms with van der Waals surface area (Å²) < 4.78 is 0.889. The summed E-state index contributed by atoms with van der Waals surface area (Å²) in [6.07, 6.45) is 1.03. The third-order valence-electron chi connectivity index (χ3n) is 3.23. The minimum atomic E-state index is 0.730. The van der Waals surface area contributed by atoms with Crippen LogP contribution in [-0.2, 0) is 6.42 Å². The Balaban J connectivity index is 2.11. The van der Waals surface area contributed by atoms with Gasteiger partial charge in [0, 0.05) is 15.7 Å². The van der Waals surface area contributed by atoms with E-state index in [1.165, 1.54) is 5.56 Å². The van der Waals surface area contributed by atoms with Gasteiger partial charge in [-0.3, -0.25) is 0 Å². The van der Waals surface area contributed by atoms with Crippen molar-refractivity contribution in [2.75, 3.05) is 5.73 Å². The highest BCUT2D eigenvalue weighted by Gasteiger charge is 2.07. The predicted octanol–water partition coefficient (Wildman–Crippen LogP) is 4.14. The lowest BCUT2D eigenvalue weighted by molar-refractivity contribution is 1.14. The lowest BCUT2D eigenvalue weighted by Gasteiger charge is -2.00. The van der Waals surface area contributed by atoms with Crippen molar-refractivity contribution in [3.05, 3.63) is 46.4 Å². The molecule has 0 amide bonds. The Kier molecular flexibility index (Phi) is 3.03. The van der Waals surface area contributed by atoms with Crippen LogP contribution in [0.5, 0.6) is 0 Å². The Bertz CT molecular complexity index is 746. The van der Waals surface area contributed by atoms with Gasteiger partial charge in [0.2, 0.25) is 0 Å². The number of hydrogen-bond acceptors (Lipinski definition) is 2. The van der Waals surface area contributed by atoms with E-state index >= 15 is 0 Å². The quantitative estimate of drug-likeness (QED) is 0.698. The fourth-order valence-corrected chi connectivity index (χ4v) is 2.47. The Morgan fingerprint density at radius 1 is 1.21 bits per heavy atom. The van der Waals surface area contributed by atoms with E-state index < -0.39 is 0 Å². The number of nitrogens with zero attached hydrogens (tertiary/aromatic N) is 1. The molecule has 3 aromatic rings. The largest absolute Gasteiger partial charge is 0.398 e. The smallest absolute Gasteiger partial charge is 0.138 e. The van der Waals surface area contributed by atoms with Gasteiger partial charge in [0.15, 0.2) is 0 Å². The molecule has 1 aromatic heterocycles. The fraction of sp³-hybridized carbons (Fsp3) is 0.133. The number of aromatic amines is 1. The first kappa shape index (κ1) is 12.2. The highest BCUT2D eigenvalue weighted by atomic mass is 79.9. The molecule has 0 aliphatic heterocycles. The van der Waals surface area contributed by atoms with Crippen molar-refractivity contribution in [3.63, 3.8) is 0 Å². The van der Waals surface area contributed by atoms with Gasteiger partial charge in [-0.25, -0.2) is 4.98 Å². The first-order valence-electron chi connectivity index (χ1n) is 6.21. The minimum absolute atomic E-state index is 0.730. The van der Waals surface area contributed by atoms with E-state index in [2.05, 4.69) is 51.0 Å². The summed E-state index contributed by atoms with van der Waals surface area (Å²) in [5.41, 5.74) is 10.9. The van der Waals surface area contributed by atoms with Gasteiger partial charge in [-0.05, 0) is 58.2 Å². The molecule has 0 unspecified atom stereocenters. The number of anilines is 1. The molecule has 0 radical (unpaired) electrons. The average molecular weight is 316 g/mol. The van der Waals surface area contributed by atoms with Crippen molar-refractivity contribution in [2.24, 2.45) is 0 Å². The highest BCUT2D eigenvalue weighted by Crippen LogP contribution is 2.27. The summed E-state index contributed by atoms with van der Waals surface area (Å²) in [5, 5.41) is 0. The summed E-state index contributed by atoms with van der Waals surface area (Å²) >= 11 is 3.44. The van der Waals surface area contributed by atoms with Crippen molar-refractivity contribution in [3.8, 4) is 11.4 Å². The van der Waals surface area contributed by atoms with Crippen molar-refractivity contribution in [1.29, 1.82) is 0 Å². The molecule has 0 atom stereocenters. The number of aromatic nitrogens is 2. The number of hydrogen-bond donors (Lipinski definition) is 2. The zero-order valence-electron chi connectivity index (χ0n) is 10.6. The van der Waals surface area contributed by atoms with Crippen LogP contribution in [0.4, 0.5) is 5.69 Å². The molecule has 3 N–H and O–H groups in total. The normalized spacial score (nSPS) is 11.1. The molecule has 1 heterocycles. The van der Waals surface area contributed by atoms with Crippen LogP contribution in [0.15, 0.2) is 40.9 Å². The number of nitrogen functional groups attached to an aromatic ring is 1. The fourth-order valence-electron chi connectivity index (χ4n) is 2.09. The second-order valence-electron chi connectivity index (χ2n) is 4.53. The Morgan fingerprint density at radius 2 is 2.05 bits per heavy atom. The summed E-state index contributed by atoms with van der Waals surface area (Å²) in [6, 6.07) is 12.2. The molecule has 2 aromatic carbocycles. The van der Waals surface area contributed by atoms with Crippen LogP contribution in [0.1, 0.15) is 12.5 Å². The average Bonchev–Trinajstić information content (AvgIpc) is 2.84. The molecular weight excluding hydrogens is 302 g/mol. The molecule has 3 nitrogen and oxygen atoms in total. The van der Waals surface area contributed by atoms with Gasteiger partial charge in [-0.1, -0.05) is 13.0 Å². The lowest BCUT2D eigenvalue weighted by Crippen LogP contribution is -1.87. The molecule has 96 valence electrons. The second kappa shape index (κ2) is 4.70. The topological polar surface area (TPSA) is 54.7 Å². The molecule has 0 saturated heterocycles. The predicted molar refractivity (Wildman–Crippen MR) is 83.0 cm³/mol. The summed E-state index contributed by atoms with van der Waals surface area (Å²) in [6.45, 7) is 2.15.